The molecule has 0 radical (unpaired) electrons. The van der Waals surface area contributed by atoms with Crippen LogP contribution in [-0.2, 0) is 17.6 Å². The van der Waals surface area contributed by atoms with E-state index in [9.17, 15) is 31.1 Å². The second-order valence-electron chi connectivity index (χ2n) is 5.05. The normalized spacial score (nSPS) is 12.6. The molecule has 0 bridgehead atoms. The number of amides is 1. The molecule has 0 aliphatic rings. The summed E-state index contributed by atoms with van der Waals surface area (Å²) < 4.78 is 77.9. The SMILES string of the molecule is N/C(Cn1ccc(C(F)(F)F)n1)=N/OC(=O)Nc1ccc(OC(F)(F)F)cc1. The molecule has 3 N–H and O–H groups in total. The zero-order valence-corrected chi connectivity index (χ0v) is 13.6. The van der Waals surface area contributed by atoms with E-state index in [1.165, 1.54) is 0 Å². The Balaban J connectivity index is 1.86. The molecule has 1 aromatic carbocycles. The number of amidine groups is 1. The molecule has 0 saturated carbocycles. The summed E-state index contributed by atoms with van der Waals surface area (Å²) >= 11 is 0. The molecule has 0 fully saturated rings. The van der Waals surface area contributed by atoms with Crippen molar-refractivity contribution >= 4 is 17.6 Å². The van der Waals surface area contributed by atoms with E-state index in [0.29, 0.717) is 0 Å². The molecule has 0 saturated heterocycles. The Morgan fingerprint density at radius 2 is 1.79 bits per heavy atom. The van der Waals surface area contributed by atoms with Crippen molar-refractivity contribution in [3.63, 3.8) is 0 Å². The molecular formula is C14H11F6N5O3. The van der Waals surface area contributed by atoms with Crippen LogP contribution in [-0.4, -0.2) is 28.1 Å². The molecule has 0 spiro atoms. The van der Waals surface area contributed by atoms with Crippen LogP contribution in [0.3, 0.4) is 0 Å². The summed E-state index contributed by atoms with van der Waals surface area (Å²) in [5.74, 6) is -0.855. The van der Waals surface area contributed by atoms with Crippen LogP contribution in [0.5, 0.6) is 5.75 Å². The van der Waals surface area contributed by atoms with Gasteiger partial charge in [0.15, 0.2) is 11.5 Å². The van der Waals surface area contributed by atoms with Gasteiger partial charge in [-0.2, -0.15) is 18.3 Å². The number of carbonyl (C=O) groups excluding carboxylic acids is 1. The number of aromatic nitrogens is 2. The van der Waals surface area contributed by atoms with Gasteiger partial charge in [0.05, 0.1) is 0 Å². The largest absolute Gasteiger partial charge is 0.573 e. The number of benzene rings is 1. The first-order valence-corrected chi connectivity index (χ1v) is 7.19. The Bertz CT molecular complexity index is 844. The van der Waals surface area contributed by atoms with Crippen molar-refractivity contribution in [2.24, 2.45) is 10.9 Å². The minimum Gasteiger partial charge on any atom is -0.406 e. The zero-order chi connectivity index (χ0) is 20.9. The number of rotatable bonds is 5. The van der Waals surface area contributed by atoms with Crippen LogP contribution in [0.25, 0.3) is 0 Å². The molecule has 2 aromatic rings. The second kappa shape index (κ2) is 8.06. The summed E-state index contributed by atoms with van der Waals surface area (Å²) in [4.78, 5) is 15.9. The zero-order valence-electron chi connectivity index (χ0n) is 13.6. The number of nitrogens with zero attached hydrogens (tertiary/aromatic N) is 3. The van der Waals surface area contributed by atoms with Crippen molar-refractivity contribution in [2.75, 3.05) is 5.32 Å². The minimum absolute atomic E-state index is 0.0650. The number of halogens is 6. The molecule has 28 heavy (non-hydrogen) atoms. The third-order valence-corrected chi connectivity index (χ3v) is 2.84. The van der Waals surface area contributed by atoms with E-state index in [1.807, 2.05) is 0 Å². The van der Waals surface area contributed by atoms with E-state index in [0.717, 1.165) is 41.2 Å². The van der Waals surface area contributed by atoms with Crippen LogP contribution in [0.4, 0.5) is 36.8 Å². The lowest BCUT2D eigenvalue weighted by molar-refractivity contribution is -0.274. The van der Waals surface area contributed by atoms with Crippen molar-refractivity contribution < 1.29 is 40.7 Å². The molecule has 0 aliphatic heterocycles. The smallest absolute Gasteiger partial charge is 0.406 e. The Hall–Kier alpha value is -3.45. The molecule has 8 nitrogen and oxygen atoms in total. The Labute approximate surface area is 152 Å². The first-order chi connectivity index (χ1) is 12.9. The van der Waals surface area contributed by atoms with Crippen LogP contribution in [0.2, 0.25) is 0 Å². The Morgan fingerprint density at radius 1 is 1.14 bits per heavy atom. The quantitative estimate of drug-likeness (QED) is 0.258. The highest BCUT2D eigenvalue weighted by molar-refractivity contribution is 5.86. The van der Waals surface area contributed by atoms with Gasteiger partial charge >= 0.3 is 18.6 Å². The summed E-state index contributed by atoms with van der Waals surface area (Å²) in [6.07, 6.45) is -9.59. The van der Waals surface area contributed by atoms with Gasteiger partial charge in [-0.3, -0.25) is 14.8 Å². The predicted molar refractivity (Wildman–Crippen MR) is 82.1 cm³/mol. The summed E-state index contributed by atoms with van der Waals surface area (Å²) in [5, 5.41) is 8.60. The third-order valence-electron chi connectivity index (χ3n) is 2.84. The molecule has 14 heteroatoms. The standard InChI is InChI=1S/C14H11F6N5O3/c15-13(16,17)10-5-6-25(23-10)7-11(21)24-28-12(26)22-8-1-3-9(4-2-8)27-14(18,19)20/h1-6H,7H2,(H2,21,24)(H,22,26). The van der Waals surface area contributed by atoms with Gasteiger partial charge in [0.1, 0.15) is 12.3 Å². The van der Waals surface area contributed by atoms with E-state index in [-0.39, 0.29) is 18.1 Å². The van der Waals surface area contributed by atoms with Crippen molar-refractivity contribution in [1.82, 2.24) is 9.78 Å². The van der Waals surface area contributed by atoms with Gasteiger partial charge in [-0.15, -0.1) is 13.2 Å². The van der Waals surface area contributed by atoms with E-state index < -0.39 is 30.1 Å². The first-order valence-electron chi connectivity index (χ1n) is 7.19. The first kappa shape index (κ1) is 20.9. The molecule has 1 heterocycles. The Morgan fingerprint density at radius 3 is 2.32 bits per heavy atom. The third kappa shape index (κ3) is 6.69. The Kier molecular flexibility index (Phi) is 6.00. The van der Waals surface area contributed by atoms with Gasteiger partial charge in [-0.1, -0.05) is 5.16 Å². The number of nitrogens with two attached hydrogens (primary N) is 1. The molecule has 152 valence electrons. The molecule has 0 atom stereocenters. The summed E-state index contributed by atoms with van der Waals surface area (Å²) in [7, 11) is 0. The van der Waals surface area contributed by atoms with Gasteiger partial charge < -0.3 is 10.5 Å². The molecule has 0 unspecified atom stereocenters. The van der Waals surface area contributed by atoms with E-state index in [4.69, 9.17) is 5.73 Å². The van der Waals surface area contributed by atoms with Crippen LogP contribution in [0.15, 0.2) is 41.7 Å². The second-order valence-corrected chi connectivity index (χ2v) is 5.05. The fourth-order valence-electron chi connectivity index (χ4n) is 1.78. The average molecular weight is 411 g/mol. The number of hydrogen-bond acceptors (Lipinski definition) is 5. The molecule has 1 aromatic heterocycles. The fourth-order valence-corrected chi connectivity index (χ4v) is 1.78. The average Bonchev–Trinajstić information content (AvgIpc) is 3.02. The lowest BCUT2D eigenvalue weighted by Gasteiger charge is -2.09. The lowest BCUT2D eigenvalue weighted by Crippen LogP contribution is -2.22. The predicted octanol–water partition coefficient (Wildman–Crippen LogP) is 3.32. The van der Waals surface area contributed by atoms with Crippen LogP contribution in [0.1, 0.15) is 5.69 Å². The van der Waals surface area contributed by atoms with Gasteiger partial charge in [-0.05, 0) is 30.3 Å². The number of nitrogens with one attached hydrogen (secondary N) is 1. The molecular weight excluding hydrogens is 400 g/mol. The van der Waals surface area contributed by atoms with E-state index in [2.05, 4.69) is 25.1 Å². The number of ether oxygens (including phenoxy) is 1. The lowest BCUT2D eigenvalue weighted by atomic mass is 10.3. The van der Waals surface area contributed by atoms with Crippen molar-refractivity contribution in [1.29, 1.82) is 0 Å². The van der Waals surface area contributed by atoms with Crippen LogP contribution >= 0.6 is 0 Å². The minimum atomic E-state index is -4.85. The van der Waals surface area contributed by atoms with Crippen LogP contribution < -0.4 is 15.8 Å². The summed E-state index contributed by atoms with van der Waals surface area (Å²) in [6.45, 7) is -0.382. The van der Waals surface area contributed by atoms with Crippen molar-refractivity contribution in [3.8, 4) is 5.75 Å². The highest BCUT2D eigenvalue weighted by atomic mass is 19.4. The monoisotopic (exact) mass is 411 g/mol. The number of hydrogen-bond donors (Lipinski definition) is 2. The van der Waals surface area contributed by atoms with Crippen molar-refractivity contribution in [2.45, 2.75) is 19.1 Å². The van der Waals surface area contributed by atoms with Gasteiger partial charge in [0, 0.05) is 11.9 Å². The number of oxime groups is 1. The highest BCUT2D eigenvalue weighted by Crippen LogP contribution is 2.27. The summed E-state index contributed by atoms with van der Waals surface area (Å²) in [6, 6.07) is 4.86. The molecule has 1 amide bonds. The van der Waals surface area contributed by atoms with Crippen molar-refractivity contribution in [3.05, 3.63) is 42.2 Å². The van der Waals surface area contributed by atoms with E-state index >= 15 is 0 Å². The maximum atomic E-state index is 12.4. The number of anilines is 1. The molecule has 2 rings (SSSR count). The number of carbonyl (C=O) groups is 1. The fraction of sp³-hybridized carbons (Fsp3) is 0.214. The van der Waals surface area contributed by atoms with Gasteiger partial charge in [0.2, 0.25) is 0 Å². The van der Waals surface area contributed by atoms with Gasteiger partial charge in [-0.25, -0.2) is 4.79 Å². The van der Waals surface area contributed by atoms with Gasteiger partial charge in [0.25, 0.3) is 0 Å². The number of alkyl halides is 6. The van der Waals surface area contributed by atoms with Crippen LogP contribution in [0, 0.1) is 0 Å². The highest BCUT2D eigenvalue weighted by Gasteiger charge is 2.33. The maximum Gasteiger partial charge on any atom is 0.573 e. The maximum absolute atomic E-state index is 12.4. The summed E-state index contributed by atoms with van der Waals surface area (Å²) in [5.41, 5.74) is 4.36. The topological polar surface area (TPSA) is 104 Å². The van der Waals surface area contributed by atoms with E-state index in [1.54, 1.807) is 0 Å². The molecule has 0 aliphatic carbocycles.